The predicted octanol–water partition coefficient (Wildman–Crippen LogP) is 7.52. The molecule has 4 amide bonds. The Morgan fingerprint density at radius 2 is 1.17 bits per heavy atom. The van der Waals surface area contributed by atoms with E-state index in [9.17, 15) is 19.2 Å². The number of nitrogens with one attached hydrogen (secondary N) is 4. The second kappa shape index (κ2) is 17.3. The fraction of sp³-hybridized carbons (Fsp3) is 0.333. The maximum Gasteiger partial charge on any atom is 0.246 e. The van der Waals surface area contributed by atoms with Crippen molar-refractivity contribution < 1.29 is 19.2 Å². The van der Waals surface area contributed by atoms with Gasteiger partial charge >= 0.3 is 0 Å². The van der Waals surface area contributed by atoms with E-state index in [0.29, 0.717) is 19.5 Å². The van der Waals surface area contributed by atoms with Crippen LogP contribution in [0.25, 0.3) is 44.4 Å². The molecule has 2 saturated heterocycles. The highest BCUT2D eigenvalue weighted by atomic mass is 16.2. The number of nitrogens with zero attached hydrogens (tertiary/aromatic N) is 4. The van der Waals surface area contributed by atoms with E-state index < -0.39 is 12.1 Å². The summed E-state index contributed by atoms with van der Waals surface area (Å²) in [6.45, 7) is 8.03. The first kappa shape index (κ1) is 40.2. The summed E-state index contributed by atoms with van der Waals surface area (Å²) >= 11 is 0. The van der Waals surface area contributed by atoms with Crippen LogP contribution in [-0.2, 0) is 25.6 Å². The van der Waals surface area contributed by atoms with Crippen molar-refractivity contribution in [3.8, 4) is 33.6 Å². The van der Waals surface area contributed by atoms with Gasteiger partial charge in [0.05, 0.1) is 35.9 Å². The number of carbonyl (C=O) groups excluding carboxylic acids is 4. The van der Waals surface area contributed by atoms with E-state index >= 15 is 0 Å². The predicted molar refractivity (Wildman–Crippen MR) is 232 cm³/mol. The van der Waals surface area contributed by atoms with Crippen LogP contribution in [0.2, 0.25) is 0 Å². The number of carbonyl (C=O) groups is 4. The van der Waals surface area contributed by atoms with Gasteiger partial charge in [0, 0.05) is 38.9 Å². The third kappa shape index (κ3) is 8.59. The van der Waals surface area contributed by atoms with E-state index in [0.717, 1.165) is 87.3 Å². The average Bonchev–Trinajstić information content (AvgIpc) is 4.09. The summed E-state index contributed by atoms with van der Waals surface area (Å²) in [4.78, 5) is 71.5. The number of likely N-dealkylation sites (tertiary alicyclic amines) is 2. The van der Waals surface area contributed by atoms with Gasteiger partial charge in [-0.15, -0.1) is 0 Å². The van der Waals surface area contributed by atoms with E-state index in [1.807, 2.05) is 66.4 Å². The van der Waals surface area contributed by atoms with Crippen LogP contribution < -0.4 is 10.6 Å². The molecular formula is C48H52N8O4. The highest BCUT2D eigenvalue weighted by molar-refractivity contribution is 5.91. The number of amides is 4. The summed E-state index contributed by atoms with van der Waals surface area (Å²) in [5.41, 5.74) is 6.96. The zero-order valence-corrected chi connectivity index (χ0v) is 34.6. The molecule has 2 aromatic heterocycles. The first-order valence-electron chi connectivity index (χ1n) is 21.0. The molecule has 4 N–H and O–H groups in total. The number of hydrogen-bond donors (Lipinski definition) is 4. The molecule has 6 aromatic rings. The van der Waals surface area contributed by atoms with E-state index in [1.165, 1.54) is 13.8 Å². The molecule has 2 aliphatic heterocycles. The Kier molecular flexibility index (Phi) is 11.6. The number of imidazole rings is 2. The number of aromatic nitrogens is 4. The number of hydrogen-bond acceptors (Lipinski definition) is 6. The second-order valence-electron chi connectivity index (χ2n) is 16.5. The maximum absolute atomic E-state index is 13.9. The van der Waals surface area contributed by atoms with Crippen LogP contribution in [0.1, 0.15) is 82.7 Å². The zero-order chi connectivity index (χ0) is 41.9. The Morgan fingerprint density at radius 3 is 1.75 bits per heavy atom. The van der Waals surface area contributed by atoms with Gasteiger partial charge in [-0.25, -0.2) is 9.97 Å². The first-order valence-corrected chi connectivity index (χ1v) is 21.0. The van der Waals surface area contributed by atoms with E-state index in [1.54, 1.807) is 0 Å². The van der Waals surface area contributed by atoms with Crippen molar-refractivity contribution in [2.75, 3.05) is 13.1 Å². The van der Waals surface area contributed by atoms with Crippen LogP contribution in [0.3, 0.4) is 0 Å². The molecule has 8 rings (SSSR count). The van der Waals surface area contributed by atoms with Crippen molar-refractivity contribution in [2.45, 2.75) is 84.0 Å². The largest absolute Gasteiger partial charge is 0.344 e. The minimum atomic E-state index is -0.649. The van der Waals surface area contributed by atoms with Crippen LogP contribution in [0.5, 0.6) is 0 Å². The second-order valence-corrected chi connectivity index (χ2v) is 16.5. The van der Waals surface area contributed by atoms with Crippen molar-refractivity contribution in [3.05, 3.63) is 121 Å². The molecule has 60 heavy (non-hydrogen) atoms. The number of H-pyrrole nitrogens is 2. The Hall–Kier alpha value is -6.56. The average molecular weight is 805 g/mol. The quantitative estimate of drug-likeness (QED) is 0.100. The summed E-state index contributed by atoms with van der Waals surface area (Å²) in [7, 11) is 0. The third-order valence-electron chi connectivity index (χ3n) is 11.8. The van der Waals surface area contributed by atoms with Crippen molar-refractivity contribution >= 4 is 34.4 Å². The summed E-state index contributed by atoms with van der Waals surface area (Å²) < 4.78 is 0. The molecule has 0 saturated carbocycles. The molecule has 0 unspecified atom stereocenters. The SMILES string of the molecule is CC(=O)N[C@@H](Cc1ccccc1)C(=O)N1CCC[C@H]1c1ncc(-c2ccc(-c3ccc4cc(-c5cnc([C@@H]6CCCN6C(=O)[C@@H](NC(C)=O)C(C)C)[nH]5)ccc4c3)cc2)[nH]1. The molecule has 12 heteroatoms. The Balaban J connectivity index is 0.938. The van der Waals surface area contributed by atoms with Crippen LogP contribution in [0.15, 0.2) is 103 Å². The lowest BCUT2D eigenvalue weighted by Crippen LogP contribution is -2.50. The summed E-state index contributed by atoms with van der Waals surface area (Å²) in [5.74, 6) is 0.875. The molecule has 308 valence electrons. The summed E-state index contributed by atoms with van der Waals surface area (Å²) in [6, 6.07) is 29.4. The lowest BCUT2D eigenvalue weighted by Gasteiger charge is -2.30. The van der Waals surface area contributed by atoms with E-state index in [-0.39, 0.29) is 41.6 Å². The van der Waals surface area contributed by atoms with Crippen LogP contribution in [0.4, 0.5) is 0 Å². The van der Waals surface area contributed by atoms with Crippen molar-refractivity contribution in [1.82, 2.24) is 40.4 Å². The molecule has 4 atom stereocenters. The van der Waals surface area contributed by atoms with Gasteiger partial charge in [-0.2, -0.15) is 0 Å². The Bertz CT molecular complexity index is 2510. The van der Waals surface area contributed by atoms with Gasteiger partial charge in [-0.05, 0) is 76.8 Å². The van der Waals surface area contributed by atoms with Crippen LogP contribution >= 0.6 is 0 Å². The number of aromatic amines is 2. The Labute approximate surface area is 350 Å². The molecular weight excluding hydrogens is 753 g/mol. The van der Waals surface area contributed by atoms with Gasteiger partial charge in [-0.3, -0.25) is 19.2 Å². The monoisotopic (exact) mass is 804 g/mol. The number of rotatable bonds is 12. The molecule has 2 fully saturated rings. The molecule has 12 nitrogen and oxygen atoms in total. The zero-order valence-electron chi connectivity index (χ0n) is 34.6. The van der Waals surface area contributed by atoms with Crippen LogP contribution in [0, 0.1) is 5.92 Å². The normalized spacial score (nSPS) is 17.6. The van der Waals surface area contributed by atoms with Gasteiger partial charge in [-0.1, -0.05) is 92.7 Å². The minimum Gasteiger partial charge on any atom is -0.344 e. The highest BCUT2D eigenvalue weighted by Gasteiger charge is 2.38. The highest BCUT2D eigenvalue weighted by Crippen LogP contribution is 2.35. The topological polar surface area (TPSA) is 156 Å². The molecule has 0 spiro atoms. The van der Waals surface area contributed by atoms with Gasteiger partial charge in [0.15, 0.2) is 0 Å². The number of benzene rings is 4. The van der Waals surface area contributed by atoms with Gasteiger partial charge in [0.1, 0.15) is 23.7 Å². The molecule has 0 bridgehead atoms. The van der Waals surface area contributed by atoms with Crippen molar-refractivity contribution in [2.24, 2.45) is 5.92 Å². The molecule has 4 aromatic carbocycles. The lowest BCUT2D eigenvalue weighted by molar-refractivity contribution is -0.138. The first-order chi connectivity index (χ1) is 29.0. The third-order valence-corrected chi connectivity index (χ3v) is 11.8. The van der Waals surface area contributed by atoms with Gasteiger partial charge < -0.3 is 30.4 Å². The van der Waals surface area contributed by atoms with Gasteiger partial charge in [0.2, 0.25) is 23.6 Å². The van der Waals surface area contributed by atoms with Crippen molar-refractivity contribution in [1.29, 1.82) is 0 Å². The molecule has 2 aliphatic rings. The number of fused-ring (bicyclic) bond motifs is 1. The lowest BCUT2D eigenvalue weighted by atomic mass is 9.98. The van der Waals surface area contributed by atoms with E-state index in [2.05, 4.69) is 81.3 Å². The van der Waals surface area contributed by atoms with Gasteiger partial charge in [0.25, 0.3) is 0 Å². The fourth-order valence-corrected chi connectivity index (χ4v) is 8.78. The van der Waals surface area contributed by atoms with E-state index in [4.69, 9.17) is 9.97 Å². The summed E-state index contributed by atoms with van der Waals surface area (Å²) in [6.07, 6.45) is 7.44. The minimum absolute atomic E-state index is 0.0267. The standard InChI is InChI=1S/C48H52N8O4/c1-29(2)44(52-31(4)58)48(60)56-23-9-13-43(56)46-50-28-41(54-46)38-21-20-36-25-35(18-19-37(36)26-38)33-14-16-34(17-15-33)40-27-49-45(53-40)42-12-8-22-55(42)47(59)39(51-30(3)57)24-32-10-6-5-7-11-32/h5-7,10-11,14-21,25-29,39,42-44H,8-9,12-13,22-24H2,1-4H3,(H,49,53)(H,50,54)(H,51,57)(H,52,58)/t39-,42-,43-,44-/m0/s1. The smallest absolute Gasteiger partial charge is 0.246 e. The van der Waals surface area contributed by atoms with Crippen LogP contribution in [-0.4, -0.2) is 78.5 Å². The van der Waals surface area contributed by atoms with Crippen molar-refractivity contribution in [3.63, 3.8) is 0 Å². The fourth-order valence-electron chi connectivity index (χ4n) is 8.78. The summed E-state index contributed by atoms with van der Waals surface area (Å²) in [5, 5.41) is 7.94. The molecule has 4 heterocycles. The molecule has 0 radical (unpaired) electrons. The maximum atomic E-state index is 13.9. The Morgan fingerprint density at radius 1 is 0.650 bits per heavy atom. The molecule has 0 aliphatic carbocycles.